The Hall–Kier alpha value is -0.910. The van der Waals surface area contributed by atoms with Crippen LogP contribution in [0.2, 0.25) is 0 Å². The fourth-order valence-corrected chi connectivity index (χ4v) is 2.37. The topological polar surface area (TPSA) is 32.3 Å². The van der Waals surface area contributed by atoms with Gasteiger partial charge < -0.3 is 10.2 Å². The van der Waals surface area contributed by atoms with E-state index in [1.807, 2.05) is 6.92 Å². The van der Waals surface area contributed by atoms with Crippen LogP contribution in [-0.4, -0.2) is 30.9 Å². The van der Waals surface area contributed by atoms with Crippen LogP contribution in [0.1, 0.15) is 12.5 Å². The fraction of sp³-hybridized carbons (Fsp3) is 0.400. The van der Waals surface area contributed by atoms with Gasteiger partial charge >= 0.3 is 0 Å². The molecule has 0 aliphatic rings. The second kappa shape index (κ2) is 9.92. The molecule has 0 bridgehead atoms. The van der Waals surface area contributed by atoms with Crippen LogP contribution in [0.3, 0.4) is 0 Å². The highest BCUT2D eigenvalue weighted by molar-refractivity contribution is 9.10. The molecule has 1 rings (SSSR count). The zero-order valence-electron chi connectivity index (χ0n) is 12.2. The maximum Gasteiger partial charge on any atom is 0.227 e. The molecule has 1 aromatic rings. The summed E-state index contributed by atoms with van der Waals surface area (Å²) in [5, 5.41) is 2.97. The van der Waals surface area contributed by atoms with Crippen LogP contribution in [-0.2, 0) is 11.3 Å². The normalized spacial score (nSPS) is 11.4. The molecular weight excluding hydrogens is 359 g/mol. The van der Waals surface area contributed by atoms with E-state index in [2.05, 4.69) is 27.8 Å². The molecule has 0 aromatic heterocycles. The lowest BCUT2D eigenvalue weighted by Crippen LogP contribution is -2.38. The van der Waals surface area contributed by atoms with Crippen molar-refractivity contribution < 1.29 is 9.18 Å². The lowest BCUT2D eigenvalue weighted by molar-refractivity contribution is -0.134. The van der Waals surface area contributed by atoms with Crippen LogP contribution >= 0.6 is 28.3 Å². The average molecular weight is 380 g/mol. The summed E-state index contributed by atoms with van der Waals surface area (Å²) in [6.45, 7) is 6.74. The first-order chi connectivity index (χ1) is 9.49. The highest BCUT2D eigenvalue weighted by Gasteiger charge is 2.20. The van der Waals surface area contributed by atoms with E-state index in [-0.39, 0.29) is 36.6 Å². The summed E-state index contributed by atoms with van der Waals surface area (Å²) in [5.41, 5.74) is 0.492. The molecule has 0 spiro atoms. The van der Waals surface area contributed by atoms with Crippen molar-refractivity contribution in [3.8, 4) is 0 Å². The molecule has 1 aromatic carbocycles. The summed E-state index contributed by atoms with van der Waals surface area (Å²) in [5.74, 6) is -0.481. The largest absolute Gasteiger partial charge is 0.334 e. The Labute approximate surface area is 140 Å². The van der Waals surface area contributed by atoms with Gasteiger partial charge in [-0.2, -0.15) is 0 Å². The van der Waals surface area contributed by atoms with Gasteiger partial charge in [-0.3, -0.25) is 4.79 Å². The van der Waals surface area contributed by atoms with Crippen molar-refractivity contribution in [2.24, 2.45) is 5.92 Å². The van der Waals surface area contributed by atoms with Crippen molar-refractivity contribution in [2.45, 2.75) is 13.5 Å². The van der Waals surface area contributed by atoms with Crippen molar-refractivity contribution in [3.63, 3.8) is 0 Å². The van der Waals surface area contributed by atoms with Crippen molar-refractivity contribution >= 4 is 34.2 Å². The number of hydrogen-bond donors (Lipinski definition) is 1. The van der Waals surface area contributed by atoms with Crippen molar-refractivity contribution in [2.75, 3.05) is 20.1 Å². The predicted molar refractivity (Wildman–Crippen MR) is 90.1 cm³/mol. The van der Waals surface area contributed by atoms with Crippen LogP contribution in [0.4, 0.5) is 4.39 Å². The van der Waals surface area contributed by atoms with Gasteiger partial charge in [0.1, 0.15) is 5.82 Å². The molecule has 1 unspecified atom stereocenters. The van der Waals surface area contributed by atoms with Crippen molar-refractivity contribution in [1.29, 1.82) is 0 Å². The fourth-order valence-electron chi connectivity index (χ4n) is 1.96. The summed E-state index contributed by atoms with van der Waals surface area (Å²) in [6, 6.07) is 4.73. The first-order valence-electron chi connectivity index (χ1n) is 6.47. The Morgan fingerprint density at radius 3 is 2.81 bits per heavy atom. The third-order valence-electron chi connectivity index (χ3n) is 2.96. The molecule has 1 amide bonds. The number of hydrogen-bond acceptors (Lipinski definition) is 2. The number of nitrogens with zero attached hydrogens (tertiary/aromatic N) is 1. The summed E-state index contributed by atoms with van der Waals surface area (Å²) < 4.78 is 14.6. The summed E-state index contributed by atoms with van der Waals surface area (Å²) in [4.78, 5) is 13.9. The maximum atomic E-state index is 13.8. The number of amides is 1. The highest BCUT2D eigenvalue weighted by Crippen LogP contribution is 2.18. The molecule has 1 N–H and O–H groups in total. The van der Waals surface area contributed by atoms with Crippen molar-refractivity contribution in [3.05, 3.63) is 46.7 Å². The minimum atomic E-state index is -0.309. The standard InChI is InChI=1S/C15H20BrFN2O.ClH/c1-4-7-19(15(20)11(2)9-18-3)10-12-8-13(16)5-6-14(12)17;/h4-6,8,11,18H,1,7,9-10H2,2-3H3;1H. The second-order valence-corrected chi connectivity index (χ2v) is 5.62. The molecule has 21 heavy (non-hydrogen) atoms. The summed E-state index contributed by atoms with van der Waals surface area (Å²) in [7, 11) is 1.80. The Bertz CT molecular complexity index is 485. The Morgan fingerprint density at radius 1 is 1.57 bits per heavy atom. The Balaban J connectivity index is 0.00000400. The number of benzene rings is 1. The van der Waals surface area contributed by atoms with Gasteiger partial charge in [-0.25, -0.2) is 4.39 Å². The minimum absolute atomic E-state index is 0. The monoisotopic (exact) mass is 378 g/mol. The predicted octanol–water partition coefficient (Wildman–Crippen LogP) is 3.38. The van der Waals surface area contributed by atoms with E-state index < -0.39 is 0 Å². The van der Waals surface area contributed by atoms with Crippen LogP contribution in [0.5, 0.6) is 0 Å². The lowest BCUT2D eigenvalue weighted by atomic mass is 10.1. The number of carbonyl (C=O) groups is 1. The Morgan fingerprint density at radius 2 is 2.24 bits per heavy atom. The molecule has 0 aliphatic heterocycles. The zero-order valence-corrected chi connectivity index (χ0v) is 14.6. The Kier molecular flexibility index (Phi) is 9.49. The van der Waals surface area contributed by atoms with Crippen molar-refractivity contribution in [1.82, 2.24) is 10.2 Å². The molecule has 6 heteroatoms. The number of carbonyl (C=O) groups excluding carboxylic acids is 1. The number of halogens is 3. The van der Waals surface area contributed by atoms with Gasteiger partial charge in [-0.1, -0.05) is 28.9 Å². The van der Waals surface area contributed by atoms with Gasteiger partial charge in [0.15, 0.2) is 0 Å². The van der Waals surface area contributed by atoms with E-state index in [0.717, 1.165) is 4.47 Å². The quantitative estimate of drug-likeness (QED) is 0.737. The molecule has 1 atom stereocenters. The molecule has 0 fully saturated rings. The van der Waals surface area contributed by atoms with Gasteiger partial charge in [0, 0.05) is 35.6 Å². The third-order valence-corrected chi connectivity index (χ3v) is 3.46. The first kappa shape index (κ1) is 20.1. The molecule has 0 heterocycles. The highest BCUT2D eigenvalue weighted by atomic mass is 79.9. The van der Waals surface area contributed by atoms with E-state index in [4.69, 9.17) is 0 Å². The van der Waals surface area contributed by atoms with E-state index in [0.29, 0.717) is 18.7 Å². The molecule has 0 saturated heterocycles. The van der Waals surface area contributed by atoms with E-state index in [9.17, 15) is 9.18 Å². The average Bonchev–Trinajstić information content (AvgIpc) is 2.41. The van der Waals surface area contributed by atoms with E-state index >= 15 is 0 Å². The first-order valence-corrected chi connectivity index (χ1v) is 7.27. The molecule has 0 saturated carbocycles. The smallest absolute Gasteiger partial charge is 0.227 e. The van der Waals surface area contributed by atoms with Gasteiger partial charge in [-0.15, -0.1) is 19.0 Å². The molecular formula is C15H21BrClFN2O. The molecule has 0 radical (unpaired) electrons. The minimum Gasteiger partial charge on any atom is -0.334 e. The van der Waals surface area contributed by atoms with E-state index in [1.54, 1.807) is 30.2 Å². The molecule has 0 aliphatic carbocycles. The third kappa shape index (κ3) is 6.16. The lowest BCUT2D eigenvalue weighted by Gasteiger charge is -2.25. The van der Waals surface area contributed by atoms with Crippen LogP contribution in [0.25, 0.3) is 0 Å². The second-order valence-electron chi connectivity index (χ2n) is 4.70. The SMILES string of the molecule is C=CCN(Cc1cc(Br)ccc1F)C(=O)C(C)CNC.Cl. The number of nitrogens with one attached hydrogen (secondary N) is 1. The zero-order chi connectivity index (χ0) is 15.1. The van der Waals surface area contributed by atoms with Crippen LogP contribution in [0.15, 0.2) is 35.3 Å². The summed E-state index contributed by atoms with van der Waals surface area (Å²) in [6.07, 6.45) is 1.65. The number of rotatable bonds is 7. The van der Waals surface area contributed by atoms with E-state index in [1.165, 1.54) is 6.07 Å². The van der Waals surface area contributed by atoms with Crippen LogP contribution < -0.4 is 5.32 Å². The van der Waals surface area contributed by atoms with Gasteiger partial charge in [0.05, 0.1) is 0 Å². The molecule has 3 nitrogen and oxygen atoms in total. The van der Waals surface area contributed by atoms with Gasteiger partial charge in [0.25, 0.3) is 0 Å². The van der Waals surface area contributed by atoms with Gasteiger partial charge in [0.2, 0.25) is 5.91 Å². The van der Waals surface area contributed by atoms with Crippen LogP contribution in [0, 0.1) is 11.7 Å². The molecule has 118 valence electrons. The maximum absolute atomic E-state index is 13.8. The summed E-state index contributed by atoms with van der Waals surface area (Å²) >= 11 is 3.32. The van der Waals surface area contributed by atoms with Gasteiger partial charge in [-0.05, 0) is 25.2 Å².